The van der Waals surface area contributed by atoms with Gasteiger partial charge in [-0.15, -0.1) is 0 Å². The van der Waals surface area contributed by atoms with Crippen LogP contribution in [0, 0.1) is 6.92 Å². The maximum atomic E-state index is 13.2. The molecule has 3 aromatic rings. The van der Waals surface area contributed by atoms with Crippen molar-refractivity contribution in [3.8, 4) is 0 Å². The van der Waals surface area contributed by atoms with Crippen molar-refractivity contribution < 1.29 is 46.9 Å². The first-order chi connectivity index (χ1) is 21.3. The van der Waals surface area contributed by atoms with Gasteiger partial charge in [-0.1, -0.05) is 24.3 Å². The number of hydrogen-bond acceptors (Lipinski definition) is 12. The summed E-state index contributed by atoms with van der Waals surface area (Å²) in [6.07, 6.45) is -4.09. The zero-order valence-corrected chi connectivity index (χ0v) is 25.6. The van der Waals surface area contributed by atoms with Crippen LogP contribution in [0.3, 0.4) is 0 Å². The molecule has 1 saturated heterocycles. The summed E-state index contributed by atoms with van der Waals surface area (Å²) in [6.45, 7) is 0.455. The average molecular weight is 648 g/mol. The number of aliphatic carboxylic acids is 1. The molecule has 2 N–H and O–H groups in total. The molecular formula is C29H33N3O12S. The molecule has 0 saturated carbocycles. The summed E-state index contributed by atoms with van der Waals surface area (Å²) < 4.78 is 48.7. The molecule has 0 unspecified atom stereocenters. The highest BCUT2D eigenvalue weighted by Gasteiger charge is 2.40. The summed E-state index contributed by atoms with van der Waals surface area (Å²) in [4.78, 5) is 63.7. The van der Waals surface area contributed by atoms with Crippen LogP contribution in [0.4, 0.5) is 10.5 Å². The van der Waals surface area contributed by atoms with E-state index >= 15 is 0 Å². The number of nitrogens with one attached hydrogen (secondary N) is 1. The SMILES string of the molecule is Cc1cn([C@H]2C[C@H](OC(=O)CCC(=O)O)[C@@H](COC(=O)OCCS(=O)(=O)c3cccc4c(N(C)C)cccc34)O2)c(=O)[nH]c1=O. The van der Waals surface area contributed by atoms with Crippen LogP contribution in [0.25, 0.3) is 10.8 Å². The summed E-state index contributed by atoms with van der Waals surface area (Å²) >= 11 is 0. The number of hydrogen-bond donors (Lipinski definition) is 2. The van der Waals surface area contributed by atoms with Crippen LogP contribution in [-0.4, -0.2) is 86.4 Å². The van der Waals surface area contributed by atoms with Gasteiger partial charge in [0, 0.05) is 48.7 Å². The van der Waals surface area contributed by atoms with Crippen LogP contribution < -0.4 is 16.1 Å². The number of carbonyl (C=O) groups is 3. The molecule has 1 aliphatic rings. The van der Waals surface area contributed by atoms with Gasteiger partial charge in [-0.3, -0.25) is 23.9 Å². The summed E-state index contributed by atoms with van der Waals surface area (Å²) in [7, 11) is -0.172. The van der Waals surface area contributed by atoms with Gasteiger partial charge in [-0.2, -0.15) is 0 Å². The molecule has 0 amide bonds. The molecule has 1 fully saturated rings. The lowest BCUT2D eigenvalue weighted by Crippen LogP contribution is -2.33. The fourth-order valence-electron chi connectivity index (χ4n) is 4.84. The molecular weight excluding hydrogens is 614 g/mol. The zero-order valence-electron chi connectivity index (χ0n) is 24.8. The van der Waals surface area contributed by atoms with Gasteiger partial charge < -0.3 is 29.0 Å². The van der Waals surface area contributed by atoms with Gasteiger partial charge >= 0.3 is 23.8 Å². The van der Waals surface area contributed by atoms with Crippen LogP contribution in [-0.2, 0) is 38.4 Å². The van der Waals surface area contributed by atoms with Gasteiger partial charge in [0.15, 0.2) is 9.84 Å². The van der Waals surface area contributed by atoms with E-state index in [1.165, 1.54) is 19.2 Å². The highest BCUT2D eigenvalue weighted by Crippen LogP contribution is 2.32. The fraction of sp³-hybridized carbons (Fsp3) is 0.414. The molecule has 4 rings (SSSR count). The molecule has 2 heterocycles. The number of fused-ring (bicyclic) bond motifs is 1. The molecule has 3 atom stereocenters. The van der Waals surface area contributed by atoms with Crippen molar-refractivity contribution in [1.29, 1.82) is 0 Å². The monoisotopic (exact) mass is 647 g/mol. The van der Waals surface area contributed by atoms with E-state index in [0.717, 1.165) is 15.6 Å². The maximum absolute atomic E-state index is 13.2. The Kier molecular flexibility index (Phi) is 10.3. The number of carboxylic acids is 1. The largest absolute Gasteiger partial charge is 0.508 e. The van der Waals surface area contributed by atoms with Gasteiger partial charge in [0.05, 0.1) is 23.5 Å². The second-order valence-electron chi connectivity index (χ2n) is 10.5. The zero-order chi connectivity index (χ0) is 32.9. The van der Waals surface area contributed by atoms with Crippen molar-refractivity contribution in [2.75, 3.05) is 38.0 Å². The number of anilines is 1. The Morgan fingerprint density at radius 1 is 1.07 bits per heavy atom. The lowest BCUT2D eigenvalue weighted by Gasteiger charge is -2.19. The molecule has 0 spiro atoms. The van der Waals surface area contributed by atoms with E-state index in [1.807, 2.05) is 31.1 Å². The van der Waals surface area contributed by atoms with E-state index in [1.54, 1.807) is 18.2 Å². The first-order valence-corrected chi connectivity index (χ1v) is 15.5. The number of aryl methyl sites for hydroxylation is 1. The van der Waals surface area contributed by atoms with Gasteiger partial charge in [-0.05, 0) is 19.1 Å². The number of aromatic amines is 1. The molecule has 0 radical (unpaired) electrons. The average Bonchev–Trinajstić information content (AvgIpc) is 3.37. The normalized spacial score (nSPS) is 18.0. The first-order valence-electron chi connectivity index (χ1n) is 13.9. The number of ether oxygens (including phenoxy) is 4. The molecule has 1 aliphatic heterocycles. The highest BCUT2D eigenvalue weighted by atomic mass is 32.2. The van der Waals surface area contributed by atoms with Crippen molar-refractivity contribution in [1.82, 2.24) is 9.55 Å². The molecule has 15 nitrogen and oxygen atoms in total. The Hall–Kier alpha value is -4.70. The second kappa shape index (κ2) is 13.9. The van der Waals surface area contributed by atoms with E-state index in [9.17, 15) is 32.4 Å². The van der Waals surface area contributed by atoms with E-state index in [2.05, 4.69) is 4.98 Å². The van der Waals surface area contributed by atoms with E-state index in [0.29, 0.717) is 5.39 Å². The quantitative estimate of drug-likeness (QED) is 0.270. The topological polar surface area (TPSA) is 201 Å². The minimum absolute atomic E-state index is 0.0773. The number of rotatable bonds is 12. The van der Waals surface area contributed by atoms with Gasteiger partial charge in [0.2, 0.25) is 0 Å². The Labute approximate surface area is 257 Å². The van der Waals surface area contributed by atoms with Crippen molar-refractivity contribution in [3.63, 3.8) is 0 Å². The number of aromatic nitrogens is 2. The van der Waals surface area contributed by atoms with Crippen LogP contribution in [0.15, 0.2) is 57.1 Å². The predicted molar refractivity (Wildman–Crippen MR) is 159 cm³/mol. The first kappa shape index (κ1) is 33.2. The number of H-pyrrole nitrogens is 1. The summed E-state index contributed by atoms with van der Waals surface area (Å²) in [5.41, 5.74) is -0.313. The van der Waals surface area contributed by atoms with Crippen LogP contribution >= 0.6 is 0 Å². The molecule has 16 heteroatoms. The molecule has 1 aromatic heterocycles. The number of benzene rings is 2. The van der Waals surface area contributed by atoms with Gasteiger partial charge in [0.25, 0.3) is 5.56 Å². The van der Waals surface area contributed by atoms with Crippen LogP contribution in [0.5, 0.6) is 0 Å². The summed E-state index contributed by atoms with van der Waals surface area (Å²) in [5, 5.41) is 10.1. The van der Waals surface area contributed by atoms with Crippen molar-refractivity contribution in [2.45, 2.75) is 49.5 Å². The summed E-state index contributed by atoms with van der Waals surface area (Å²) in [5.74, 6) is -2.57. The number of carbonyl (C=O) groups excluding carboxylic acids is 2. The third-order valence-corrected chi connectivity index (χ3v) is 8.81. The van der Waals surface area contributed by atoms with Crippen molar-refractivity contribution >= 4 is 44.4 Å². The Balaban J connectivity index is 1.39. The number of nitrogens with zero attached hydrogens (tertiary/aromatic N) is 2. The third kappa shape index (κ3) is 8.07. The smallest absolute Gasteiger partial charge is 0.481 e. The number of carboxylic acid groups (broad SMARTS) is 1. The molecule has 242 valence electrons. The molecule has 45 heavy (non-hydrogen) atoms. The Bertz CT molecular complexity index is 1810. The molecule has 0 bridgehead atoms. The highest BCUT2D eigenvalue weighted by molar-refractivity contribution is 7.91. The van der Waals surface area contributed by atoms with Crippen LogP contribution in [0.2, 0.25) is 0 Å². The number of esters is 1. The fourth-order valence-corrected chi connectivity index (χ4v) is 6.17. The maximum Gasteiger partial charge on any atom is 0.508 e. The van der Waals surface area contributed by atoms with Gasteiger partial charge in [0.1, 0.15) is 31.6 Å². The van der Waals surface area contributed by atoms with E-state index in [4.69, 9.17) is 24.1 Å². The standard InChI is InChI=1S/C29H33N3O12S/c1-17-15-32(28(37)30-27(17)36)24-14-21(44-26(35)11-10-25(33)34)22(43-24)16-42-29(38)41-12-13-45(39,40)23-9-5-6-18-19(23)7-4-8-20(18)31(2)3/h4-9,15,21-22,24H,10-14,16H2,1-3H3,(H,33,34)(H,30,36,37)/t21-,22+,24+/m0/s1. The number of sulfone groups is 1. The lowest BCUT2D eigenvalue weighted by atomic mass is 10.1. The van der Waals surface area contributed by atoms with E-state index in [-0.39, 0.29) is 16.9 Å². The minimum Gasteiger partial charge on any atom is -0.481 e. The Morgan fingerprint density at radius 2 is 1.78 bits per heavy atom. The van der Waals surface area contributed by atoms with Crippen molar-refractivity contribution in [3.05, 3.63) is 69.0 Å². The van der Waals surface area contributed by atoms with Gasteiger partial charge in [-0.25, -0.2) is 18.0 Å². The van der Waals surface area contributed by atoms with Crippen molar-refractivity contribution in [2.24, 2.45) is 0 Å². The van der Waals surface area contributed by atoms with Crippen LogP contribution in [0.1, 0.15) is 31.1 Å². The van der Waals surface area contributed by atoms with E-state index < -0.39 is 89.4 Å². The second-order valence-corrected chi connectivity index (χ2v) is 12.6. The minimum atomic E-state index is -3.87. The summed E-state index contributed by atoms with van der Waals surface area (Å²) in [6, 6.07) is 10.3. The molecule has 0 aliphatic carbocycles. The molecule has 2 aromatic carbocycles. The lowest BCUT2D eigenvalue weighted by molar-refractivity contribution is -0.155. The third-order valence-electron chi connectivity index (χ3n) is 7.08. The predicted octanol–water partition coefficient (Wildman–Crippen LogP) is 1.76. The Morgan fingerprint density at radius 3 is 2.49 bits per heavy atom.